The SMILES string of the molecule is CCSC(=O)C(C(C)=O)C(C)C. The predicted molar refractivity (Wildman–Crippen MR) is 52.1 cm³/mol. The third-order valence-electron chi connectivity index (χ3n) is 1.65. The average Bonchev–Trinajstić information content (AvgIpc) is 1.85. The second-order valence-electron chi connectivity index (χ2n) is 3.08. The van der Waals surface area contributed by atoms with Crippen molar-refractivity contribution in [2.45, 2.75) is 27.7 Å². The number of carbonyl (C=O) groups is 2. The molecule has 0 fully saturated rings. The number of rotatable bonds is 4. The Morgan fingerprint density at radius 3 is 2.08 bits per heavy atom. The van der Waals surface area contributed by atoms with Gasteiger partial charge in [0.15, 0.2) is 5.12 Å². The third kappa shape index (κ3) is 3.39. The van der Waals surface area contributed by atoms with Gasteiger partial charge < -0.3 is 0 Å². The second kappa shape index (κ2) is 5.36. The number of hydrogen-bond donors (Lipinski definition) is 0. The molecule has 0 aliphatic carbocycles. The zero-order chi connectivity index (χ0) is 9.72. The van der Waals surface area contributed by atoms with E-state index in [1.165, 1.54) is 18.7 Å². The molecular formula is C9H16O2S. The summed E-state index contributed by atoms with van der Waals surface area (Å²) in [7, 11) is 0. The van der Waals surface area contributed by atoms with Gasteiger partial charge in [0, 0.05) is 0 Å². The molecule has 3 heteroatoms. The van der Waals surface area contributed by atoms with Crippen molar-refractivity contribution in [1.29, 1.82) is 0 Å². The van der Waals surface area contributed by atoms with Crippen molar-refractivity contribution in [2.24, 2.45) is 11.8 Å². The Balaban J connectivity index is 4.30. The molecule has 0 spiro atoms. The molecule has 1 atom stereocenters. The number of ketones is 1. The summed E-state index contributed by atoms with van der Waals surface area (Å²) in [5.41, 5.74) is 0. The summed E-state index contributed by atoms with van der Waals surface area (Å²) < 4.78 is 0. The fourth-order valence-corrected chi connectivity index (χ4v) is 2.04. The molecule has 0 aromatic carbocycles. The highest BCUT2D eigenvalue weighted by molar-refractivity contribution is 8.13. The van der Waals surface area contributed by atoms with Gasteiger partial charge in [0.05, 0.1) is 5.92 Å². The zero-order valence-electron chi connectivity index (χ0n) is 8.09. The molecule has 2 nitrogen and oxygen atoms in total. The van der Waals surface area contributed by atoms with Gasteiger partial charge in [-0.1, -0.05) is 32.5 Å². The van der Waals surface area contributed by atoms with Crippen LogP contribution >= 0.6 is 11.8 Å². The summed E-state index contributed by atoms with van der Waals surface area (Å²) in [6.07, 6.45) is 0. The van der Waals surface area contributed by atoms with Crippen molar-refractivity contribution in [1.82, 2.24) is 0 Å². The van der Waals surface area contributed by atoms with Gasteiger partial charge in [-0.2, -0.15) is 0 Å². The Labute approximate surface area is 78.1 Å². The first-order chi connectivity index (χ1) is 5.50. The fourth-order valence-electron chi connectivity index (χ4n) is 1.14. The van der Waals surface area contributed by atoms with Crippen LogP contribution in [0.1, 0.15) is 27.7 Å². The summed E-state index contributed by atoms with van der Waals surface area (Å²) in [6.45, 7) is 7.21. The molecule has 0 aliphatic heterocycles. The Hall–Kier alpha value is -0.310. The summed E-state index contributed by atoms with van der Waals surface area (Å²) in [5.74, 6) is 0.440. The van der Waals surface area contributed by atoms with Crippen molar-refractivity contribution >= 4 is 22.7 Å². The largest absolute Gasteiger partial charge is 0.299 e. The normalized spacial score (nSPS) is 13.1. The van der Waals surface area contributed by atoms with E-state index in [0.717, 1.165) is 5.75 Å². The lowest BCUT2D eigenvalue weighted by atomic mass is 9.94. The van der Waals surface area contributed by atoms with Crippen LogP contribution in [0, 0.1) is 11.8 Å². The lowest BCUT2D eigenvalue weighted by Gasteiger charge is -2.14. The van der Waals surface area contributed by atoms with Crippen LogP contribution in [0.4, 0.5) is 0 Å². The fraction of sp³-hybridized carbons (Fsp3) is 0.778. The van der Waals surface area contributed by atoms with Gasteiger partial charge in [0.1, 0.15) is 5.78 Å². The Morgan fingerprint density at radius 2 is 1.83 bits per heavy atom. The van der Waals surface area contributed by atoms with Crippen LogP contribution in [0.2, 0.25) is 0 Å². The number of Topliss-reactive ketones (excluding diaryl/α,β-unsaturated/α-hetero) is 1. The van der Waals surface area contributed by atoms with Crippen LogP contribution < -0.4 is 0 Å². The number of hydrogen-bond acceptors (Lipinski definition) is 3. The minimum atomic E-state index is -0.407. The van der Waals surface area contributed by atoms with Gasteiger partial charge in [-0.3, -0.25) is 9.59 Å². The summed E-state index contributed by atoms with van der Waals surface area (Å²) in [5, 5.41) is 0.0139. The van der Waals surface area contributed by atoms with Gasteiger partial charge in [0.25, 0.3) is 0 Å². The van der Waals surface area contributed by atoms with E-state index < -0.39 is 5.92 Å². The standard InChI is InChI=1S/C9H16O2S/c1-5-12-9(11)8(6(2)3)7(4)10/h6,8H,5H2,1-4H3. The van der Waals surface area contributed by atoms with Crippen LogP contribution in [0.25, 0.3) is 0 Å². The highest BCUT2D eigenvalue weighted by Gasteiger charge is 2.26. The van der Waals surface area contributed by atoms with Gasteiger partial charge in [-0.05, 0) is 18.6 Å². The van der Waals surface area contributed by atoms with Crippen molar-refractivity contribution in [3.63, 3.8) is 0 Å². The molecule has 1 unspecified atom stereocenters. The monoisotopic (exact) mass is 188 g/mol. The summed E-state index contributed by atoms with van der Waals surface area (Å²) >= 11 is 1.24. The Morgan fingerprint density at radius 1 is 1.33 bits per heavy atom. The Kier molecular flexibility index (Phi) is 5.22. The van der Waals surface area contributed by atoms with E-state index in [9.17, 15) is 9.59 Å². The van der Waals surface area contributed by atoms with Crippen LogP contribution in [0.3, 0.4) is 0 Å². The molecule has 0 bridgehead atoms. The molecule has 0 saturated carbocycles. The van der Waals surface area contributed by atoms with E-state index in [0.29, 0.717) is 0 Å². The van der Waals surface area contributed by atoms with Gasteiger partial charge in [-0.25, -0.2) is 0 Å². The van der Waals surface area contributed by atoms with Crippen molar-refractivity contribution in [3.05, 3.63) is 0 Å². The Bertz CT molecular complexity index is 175. The van der Waals surface area contributed by atoms with Gasteiger partial charge in [0.2, 0.25) is 0 Å². The highest BCUT2D eigenvalue weighted by Crippen LogP contribution is 2.19. The number of carbonyl (C=O) groups excluding carboxylic acids is 2. The first kappa shape index (κ1) is 11.7. The molecule has 0 aliphatic rings. The molecule has 70 valence electrons. The molecule has 0 saturated heterocycles. The van der Waals surface area contributed by atoms with Gasteiger partial charge in [-0.15, -0.1) is 0 Å². The molecule has 0 radical (unpaired) electrons. The van der Waals surface area contributed by atoms with Crippen molar-refractivity contribution in [3.8, 4) is 0 Å². The minimum Gasteiger partial charge on any atom is -0.299 e. The summed E-state index contributed by atoms with van der Waals surface area (Å²) in [6, 6.07) is 0. The van der Waals surface area contributed by atoms with E-state index >= 15 is 0 Å². The topological polar surface area (TPSA) is 34.1 Å². The quantitative estimate of drug-likeness (QED) is 0.634. The first-order valence-electron chi connectivity index (χ1n) is 4.17. The molecule has 0 rings (SSSR count). The molecule has 0 aromatic heterocycles. The third-order valence-corrected chi connectivity index (χ3v) is 2.47. The minimum absolute atomic E-state index is 0.0139. The van der Waals surface area contributed by atoms with E-state index in [1.807, 2.05) is 20.8 Å². The molecule has 12 heavy (non-hydrogen) atoms. The number of thioether (sulfide) groups is 1. The van der Waals surface area contributed by atoms with E-state index in [2.05, 4.69) is 0 Å². The lowest BCUT2D eigenvalue weighted by Crippen LogP contribution is -2.25. The van der Waals surface area contributed by atoms with Crippen LogP contribution in [-0.4, -0.2) is 16.7 Å². The zero-order valence-corrected chi connectivity index (χ0v) is 8.90. The molecule has 0 aromatic rings. The summed E-state index contributed by atoms with van der Waals surface area (Å²) in [4.78, 5) is 22.4. The molecular weight excluding hydrogens is 172 g/mol. The smallest absolute Gasteiger partial charge is 0.199 e. The van der Waals surface area contributed by atoms with Crippen molar-refractivity contribution in [2.75, 3.05) is 5.75 Å². The van der Waals surface area contributed by atoms with E-state index in [-0.39, 0.29) is 16.8 Å². The lowest BCUT2D eigenvalue weighted by molar-refractivity contribution is -0.128. The van der Waals surface area contributed by atoms with E-state index in [1.54, 1.807) is 0 Å². The maximum absolute atomic E-state index is 11.4. The van der Waals surface area contributed by atoms with Crippen LogP contribution in [0.5, 0.6) is 0 Å². The van der Waals surface area contributed by atoms with Crippen LogP contribution in [-0.2, 0) is 9.59 Å². The molecule has 0 heterocycles. The molecule has 0 amide bonds. The maximum atomic E-state index is 11.4. The maximum Gasteiger partial charge on any atom is 0.199 e. The van der Waals surface area contributed by atoms with Gasteiger partial charge >= 0.3 is 0 Å². The predicted octanol–water partition coefficient (Wildman–Crippen LogP) is 2.13. The molecule has 0 N–H and O–H groups in total. The average molecular weight is 188 g/mol. The highest BCUT2D eigenvalue weighted by atomic mass is 32.2. The van der Waals surface area contributed by atoms with Crippen LogP contribution in [0.15, 0.2) is 0 Å². The first-order valence-corrected chi connectivity index (χ1v) is 5.16. The van der Waals surface area contributed by atoms with E-state index in [4.69, 9.17) is 0 Å². The van der Waals surface area contributed by atoms with Crippen molar-refractivity contribution < 1.29 is 9.59 Å². The second-order valence-corrected chi connectivity index (χ2v) is 4.35.